The zero-order chi connectivity index (χ0) is 16.8. The highest BCUT2D eigenvalue weighted by Crippen LogP contribution is 2.13. The van der Waals surface area contributed by atoms with Gasteiger partial charge in [-0.05, 0) is 37.7 Å². The van der Waals surface area contributed by atoms with Crippen LogP contribution in [0.25, 0.3) is 0 Å². The largest absolute Gasteiger partial charge is 0.497 e. The Bertz CT molecular complexity index is 373. The highest BCUT2D eigenvalue weighted by Gasteiger charge is 2.34. The van der Waals surface area contributed by atoms with E-state index in [2.05, 4.69) is 44.2 Å². The van der Waals surface area contributed by atoms with Crippen LogP contribution in [0.1, 0.15) is 57.9 Å². The van der Waals surface area contributed by atoms with Crippen molar-refractivity contribution in [2.24, 2.45) is 0 Å². The summed E-state index contributed by atoms with van der Waals surface area (Å²) in [5, 5.41) is 0. The SMILES string of the molecule is CCCCO[Si](C)(OCCCC)OCCCCc1ccccc1. The fraction of sp³-hybridized carbons (Fsp3) is 0.684. The summed E-state index contributed by atoms with van der Waals surface area (Å²) in [6, 6.07) is 10.6. The van der Waals surface area contributed by atoms with E-state index in [4.69, 9.17) is 13.3 Å². The van der Waals surface area contributed by atoms with Crippen LogP contribution in [0.4, 0.5) is 0 Å². The Hall–Kier alpha value is -0.683. The third-order valence-electron chi connectivity index (χ3n) is 3.79. The average molecular weight is 339 g/mol. The summed E-state index contributed by atoms with van der Waals surface area (Å²) in [4.78, 5) is 0. The minimum atomic E-state index is -2.45. The second-order valence-electron chi connectivity index (χ2n) is 6.06. The van der Waals surface area contributed by atoms with Crippen LogP contribution in [0.15, 0.2) is 30.3 Å². The first-order valence-corrected chi connectivity index (χ1v) is 11.4. The highest BCUT2D eigenvalue weighted by atomic mass is 28.4. The van der Waals surface area contributed by atoms with Crippen molar-refractivity contribution in [3.05, 3.63) is 35.9 Å². The van der Waals surface area contributed by atoms with E-state index in [0.29, 0.717) is 0 Å². The Morgan fingerprint density at radius 1 is 0.739 bits per heavy atom. The van der Waals surface area contributed by atoms with Crippen molar-refractivity contribution >= 4 is 8.80 Å². The van der Waals surface area contributed by atoms with E-state index >= 15 is 0 Å². The normalized spacial score (nSPS) is 11.8. The molecule has 0 fully saturated rings. The molecular weight excluding hydrogens is 304 g/mol. The van der Waals surface area contributed by atoms with Crippen LogP contribution in [0, 0.1) is 0 Å². The molecule has 0 unspecified atom stereocenters. The van der Waals surface area contributed by atoms with Gasteiger partial charge in [0.05, 0.1) is 0 Å². The van der Waals surface area contributed by atoms with Crippen molar-refractivity contribution in [3.63, 3.8) is 0 Å². The van der Waals surface area contributed by atoms with E-state index in [1.165, 1.54) is 5.56 Å². The van der Waals surface area contributed by atoms with Gasteiger partial charge in [0.15, 0.2) is 0 Å². The predicted molar refractivity (Wildman–Crippen MR) is 98.7 cm³/mol. The first-order valence-electron chi connectivity index (χ1n) is 9.16. The molecule has 0 aliphatic rings. The lowest BCUT2D eigenvalue weighted by Gasteiger charge is -2.26. The number of unbranched alkanes of at least 4 members (excludes halogenated alkanes) is 3. The average Bonchev–Trinajstić information content (AvgIpc) is 2.56. The van der Waals surface area contributed by atoms with Crippen molar-refractivity contribution < 1.29 is 13.3 Å². The molecule has 0 aromatic heterocycles. The summed E-state index contributed by atoms with van der Waals surface area (Å²) in [5.41, 5.74) is 1.39. The van der Waals surface area contributed by atoms with Gasteiger partial charge in [-0.2, -0.15) is 0 Å². The second-order valence-corrected chi connectivity index (χ2v) is 8.65. The molecule has 1 rings (SSSR count). The minimum absolute atomic E-state index is 0.730. The smallest absolute Gasteiger partial charge is 0.374 e. The van der Waals surface area contributed by atoms with Crippen LogP contribution in [0.2, 0.25) is 6.55 Å². The van der Waals surface area contributed by atoms with E-state index in [1.807, 2.05) is 6.55 Å². The number of aryl methyl sites for hydroxylation is 1. The van der Waals surface area contributed by atoms with Crippen molar-refractivity contribution in [1.29, 1.82) is 0 Å². The van der Waals surface area contributed by atoms with E-state index in [-0.39, 0.29) is 0 Å². The zero-order valence-corrected chi connectivity index (χ0v) is 16.2. The molecule has 0 atom stereocenters. The number of hydrogen-bond donors (Lipinski definition) is 0. The van der Waals surface area contributed by atoms with Gasteiger partial charge in [0, 0.05) is 26.4 Å². The third kappa shape index (κ3) is 9.92. The van der Waals surface area contributed by atoms with Crippen LogP contribution < -0.4 is 0 Å². The minimum Gasteiger partial charge on any atom is -0.374 e. The van der Waals surface area contributed by atoms with Crippen LogP contribution >= 0.6 is 0 Å². The molecule has 4 heteroatoms. The summed E-state index contributed by atoms with van der Waals surface area (Å²) in [5.74, 6) is 0. The monoisotopic (exact) mass is 338 g/mol. The second kappa shape index (κ2) is 12.7. The van der Waals surface area contributed by atoms with E-state index in [0.717, 1.165) is 64.8 Å². The number of hydrogen-bond acceptors (Lipinski definition) is 3. The molecule has 1 aromatic rings. The molecule has 1 aromatic carbocycles. The fourth-order valence-corrected chi connectivity index (χ4v) is 4.06. The predicted octanol–water partition coefficient (Wildman–Crippen LogP) is 5.23. The zero-order valence-electron chi connectivity index (χ0n) is 15.2. The van der Waals surface area contributed by atoms with E-state index < -0.39 is 8.80 Å². The fourth-order valence-electron chi connectivity index (χ4n) is 2.26. The van der Waals surface area contributed by atoms with Crippen LogP contribution in [-0.4, -0.2) is 28.6 Å². The Morgan fingerprint density at radius 3 is 1.78 bits per heavy atom. The van der Waals surface area contributed by atoms with Crippen LogP contribution in [0.3, 0.4) is 0 Å². The van der Waals surface area contributed by atoms with Gasteiger partial charge in [-0.25, -0.2) is 0 Å². The molecule has 0 aliphatic heterocycles. The molecule has 0 radical (unpaired) electrons. The Labute approximate surface area is 143 Å². The van der Waals surface area contributed by atoms with Gasteiger partial charge in [0.1, 0.15) is 0 Å². The molecule has 0 amide bonds. The lowest BCUT2D eigenvalue weighted by Crippen LogP contribution is -2.43. The number of benzene rings is 1. The molecule has 0 saturated heterocycles. The van der Waals surface area contributed by atoms with Gasteiger partial charge in [0.25, 0.3) is 0 Å². The van der Waals surface area contributed by atoms with Gasteiger partial charge in [-0.15, -0.1) is 0 Å². The lowest BCUT2D eigenvalue weighted by atomic mass is 10.1. The quantitative estimate of drug-likeness (QED) is 0.343. The molecule has 0 bridgehead atoms. The molecule has 0 N–H and O–H groups in total. The van der Waals surface area contributed by atoms with Gasteiger partial charge in [0.2, 0.25) is 0 Å². The summed E-state index contributed by atoms with van der Waals surface area (Å²) >= 11 is 0. The summed E-state index contributed by atoms with van der Waals surface area (Å²) in [6.07, 6.45) is 7.70. The van der Waals surface area contributed by atoms with Crippen molar-refractivity contribution in [2.75, 3.05) is 19.8 Å². The van der Waals surface area contributed by atoms with Crippen molar-refractivity contribution in [3.8, 4) is 0 Å². The maximum atomic E-state index is 6.06. The van der Waals surface area contributed by atoms with Gasteiger partial charge in [-0.1, -0.05) is 57.0 Å². The Morgan fingerprint density at radius 2 is 1.26 bits per heavy atom. The van der Waals surface area contributed by atoms with Crippen LogP contribution in [0.5, 0.6) is 0 Å². The highest BCUT2D eigenvalue weighted by molar-refractivity contribution is 6.59. The van der Waals surface area contributed by atoms with Crippen molar-refractivity contribution in [1.82, 2.24) is 0 Å². The molecule has 132 valence electrons. The van der Waals surface area contributed by atoms with E-state index in [9.17, 15) is 0 Å². The molecule has 23 heavy (non-hydrogen) atoms. The maximum Gasteiger partial charge on any atom is 0.497 e. The molecule has 0 saturated carbocycles. The topological polar surface area (TPSA) is 27.7 Å². The number of rotatable bonds is 14. The standard InChI is InChI=1S/C19H34O3Si/c1-4-6-16-20-23(3,21-17-7-5-2)22-18-12-11-15-19-13-9-8-10-14-19/h8-10,13-14H,4-7,11-12,15-18H2,1-3H3. The summed E-state index contributed by atoms with van der Waals surface area (Å²) in [7, 11) is -2.45. The summed E-state index contributed by atoms with van der Waals surface area (Å²) < 4.78 is 18.0. The Balaban J connectivity index is 2.25. The van der Waals surface area contributed by atoms with Gasteiger partial charge in [-0.3, -0.25) is 0 Å². The summed E-state index contributed by atoms with van der Waals surface area (Å²) in [6.45, 7) is 8.60. The van der Waals surface area contributed by atoms with Crippen molar-refractivity contribution in [2.45, 2.75) is 65.3 Å². The Kier molecular flexibility index (Phi) is 11.2. The maximum absolute atomic E-state index is 6.06. The molecular formula is C19H34O3Si. The molecule has 0 aliphatic carbocycles. The molecule has 3 nitrogen and oxygen atoms in total. The third-order valence-corrected chi connectivity index (χ3v) is 5.98. The molecule has 0 heterocycles. The lowest BCUT2D eigenvalue weighted by molar-refractivity contribution is 0.0626. The first kappa shape index (κ1) is 20.4. The van der Waals surface area contributed by atoms with E-state index in [1.54, 1.807) is 0 Å². The first-order chi connectivity index (χ1) is 11.2. The van der Waals surface area contributed by atoms with Crippen LogP contribution in [-0.2, 0) is 19.7 Å². The van der Waals surface area contributed by atoms with Gasteiger partial charge < -0.3 is 13.3 Å². The van der Waals surface area contributed by atoms with Gasteiger partial charge >= 0.3 is 8.80 Å². The molecule has 0 spiro atoms.